The number of hydrogen-bond acceptors (Lipinski definition) is 1. The zero-order valence-corrected chi connectivity index (χ0v) is 9.73. The van der Waals surface area contributed by atoms with Gasteiger partial charge in [0.2, 0.25) is 0 Å². The van der Waals surface area contributed by atoms with Crippen LogP contribution in [-0.4, -0.2) is 0 Å². The molecule has 0 aliphatic rings. The molecule has 3 aromatic rings. The Balaban J connectivity index is 2.61. The third kappa shape index (κ3) is 1.11. The Bertz CT molecular complexity index is 610. The van der Waals surface area contributed by atoms with Gasteiger partial charge in [-0.1, -0.05) is 36.4 Å². The number of benzene rings is 2. The van der Waals surface area contributed by atoms with Gasteiger partial charge in [0.05, 0.1) is 0 Å². The summed E-state index contributed by atoms with van der Waals surface area (Å²) in [6.45, 7) is 0. The average Bonchev–Trinajstić information content (AvgIpc) is 2.61. The fourth-order valence-electron chi connectivity index (χ4n) is 1.73. The first-order valence-electron chi connectivity index (χ1n) is 4.41. The van der Waals surface area contributed by atoms with Crippen LogP contribution in [0.2, 0.25) is 0 Å². The van der Waals surface area contributed by atoms with Gasteiger partial charge in [0, 0.05) is 19.9 Å². The van der Waals surface area contributed by atoms with E-state index in [9.17, 15) is 0 Å². The Hall–Kier alpha value is -0.860. The third-order valence-corrected chi connectivity index (χ3v) is 4.41. The second-order valence-electron chi connectivity index (χ2n) is 3.25. The van der Waals surface area contributed by atoms with E-state index >= 15 is 0 Å². The van der Waals surface area contributed by atoms with E-state index in [1.807, 2.05) is 0 Å². The third-order valence-electron chi connectivity index (χ3n) is 2.42. The maximum atomic E-state index is 3.56. The lowest BCUT2D eigenvalue weighted by Crippen LogP contribution is -1.71. The van der Waals surface area contributed by atoms with Crippen LogP contribution in [-0.2, 0) is 0 Å². The van der Waals surface area contributed by atoms with Crippen LogP contribution >= 0.6 is 27.3 Å². The zero-order valence-electron chi connectivity index (χ0n) is 7.33. The van der Waals surface area contributed by atoms with Crippen LogP contribution in [0.15, 0.2) is 46.3 Å². The van der Waals surface area contributed by atoms with Gasteiger partial charge in [-0.15, -0.1) is 11.3 Å². The summed E-state index contributed by atoms with van der Waals surface area (Å²) in [4.78, 5) is 0. The molecule has 0 aliphatic carbocycles. The SMILES string of the molecule is Brc1csc2c1ccc1ccccc12. The van der Waals surface area contributed by atoms with Crippen molar-refractivity contribution in [3.63, 3.8) is 0 Å². The first-order chi connectivity index (χ1) is 6.86. The monoisotopic (exact) mass is 262 g/mol. The van der Waals surface area contributed by atoms with E-state index in [-0.39, 0.29) is 0 Å². The van der Waals surface area contributed by atoms with Crippen molar-refractivity contribution in [2.45, 2.75) is 0 Å². The Labute approximate surface area is 94.3 Å². The minimum Gasteiger partial charge on any atom is -0.142 e. The molecule has 0 saturated carbocycles. The van der Waals surface area contributed by atoms with Gasteiger partial charge in [0.15, 0.2) is 0 Å². The molecule has 0 atom stereocenters. The molecule has 0 radical (unpaired) electrons. The molecule has 14 heavy (non-hydrogen) atoms. The van der Waals surface area contributed by atoms with Gasteiger partial charge < -0.3 is 0 Å². The Morgan fingerprint density at radius 2 is 1.79 bits per heavy atom. The largest absolute Gasteiger partial charge is 0.142 e. The minimum atomic E-state index is 1.20. The van der Waals surface area contributed by atoms with Crippen LogP contribution in [0.5, 0.6) is 0 Å². The highest BCUT2D eigenvalue weighted by molar-refractivity contribution is 9.10. The normalized spacial score (nSPS) is 11.2. The number of halogens is 1. The van der Waals surface area contributed by atoms with Crippen LogP contribution in [0.3, 0.4) is 0 Å². The van der Waals surface area contributed by atoms with Crippen LogP contribution < -0.4 is 0 Å². The lowest BCUT2D eigenvalue weighted by molar-refractivity contribution is 1.81. The van der Waals surface area contributed by atoms with Crippen molar-refractivity contribution in [2.24, 2.45) is 0 Å². The predicted molar refractivity (Wildman–Crippen MR) is 67.0 cm³/mol. The van der Waals surface area contributed by atoms with Gasteiger partial charge in [-0.3, -0.25) is 0 Å². The fraction of sp³-hybridized carbons (Fsp3) is 0. The lowest BCUT2D eigenvalue weighted by Gasteiger charge is -1.98. The molecule has 0 spiro atoms. The minimum absolute atomic E-state index is 1.20. The second kappa shape index (κ2) is 3.07. The molecule has 0 bridgehead atoms. The van der Waals surface area contributed by atoms with E-state index in [0.29, 0.717) is 0 Å². The Morgan fingerprint density at radius 1 is 0.929 bits per heavy atom. The topological polar surface area (TPSA) is 0 Å². The molecule has 0 nitrogen and oxygen atoms in total. The van der Waals surface area contributed by atoms with E-state index < -0.39 is 0 Å². The van der Waals surface area contributed by atoms with Gasteiger partial charge in [-0.2, -0.15) is 0 Å². The number of hydrogen-bond donors (Lipinski definition) is 0. The van der Waals surface area contributed by atoms with Crippen molar-refractivity contribution >= 4 is 48.1 Å². The number of thiophene rings is 1. The smallest absolute Gasteiger partial charge is 0.0432 e. The maximum Gasteiger partial charge on any atom is 0.0432 e. The number of rotatable bonds is 0. The van der Waals surface area contributed by atoms with Crippen molar-refractivity contribution < 1.29 is 0 Å². The molecule has 0 fully saturated rings. The van der Waals surface area contributed by atoms with Crippen LogP contribution in [0.25, 0.3) is 20.9 Å². The van der Waals surface area contributed by atoms with E-state index in [1.165, 1.54) is 25.3 Å². The summed E-state index contributed by atoms with van der Waals surface area (Å²) in [6.07, 6.45) is 0. The summed E-state index contributed by atoms with van der Waals surface area (Å²) in [7, 11) is 0. The fourth-order valence-corrected chi connectivity index (χ4v) is 3.44. The van der Waals surface area contributed by atoms with E-state index in [0.717, 1.165) is 0 Å². The highest BCUT2D eigenvalue weighted by atomic mass is 79.9. The molecular weight excluding hydrogens is 256 g/mol. The summed E-state index contributed by atoms with van der Waals surface area (Å²) in [5.74, 6) is 0. The summed E-state index contributed by atoms with van der Waals surface area (Å²) in [5.41, 5.74) is 0. The maximum absolute atomic E-state index is 3.56. The van der Waals surface area contributed by atoms with E-state index in [2.05, 4.69) is 57.7 Å². The molecule has 1 aromatic heterocycles. The highest BCUT2D eigenvalue weighted by Gasteiger charge is 2.04. The molecule has 0 unspecified atom stereocenters. The highest BCUT2D eigenvalue weighted by Crippen LogP contribution is 2.35. The van der Waals surface area contributed by atoms with Gasteiger partial charge in [-0.05, 0) is 26.7 Å². The summed E-state index contributed by atoms with van der Waals surface area (Å²) < 4.78 is 2.57. The molecule has 3 rings (SSSR count). The molecule has 0 amide bonds. The second-order valence-corrected chi connectivity index (χ2v) is 4.98. The summed E-state index contributed by atoms with van der Waals surface area (Å²) in [6, 6.07) is 12.9. The lowest BCUT2D eigenvalue weighted by atomic mass is 10.1. The van der Waals surface area contributed by atoms with Crippen molar-refractivity contribution in [3.8, 4) is 0 Å². The van der Waals surface area contributed by atoms with E-state index in [1.54, 1.807) is 11.3 Å². The zero-order chi connectivity index (χ0) is 9.54. The molecular formula is C12H7BrS. The van der Waals surface area contributed by atoms with Crippen molar-refractivity contribution in [1.82, 2.24) is 0 Å². The molecule has 0 aliphatic heterocycles. The van der Waals surface area contributed by atoms with Gasteiger partial charge in [0.25, 0.3) is 0 Å². The summed E-state index contributed by atoms with van der Waals surface area (Å²) >= 11 is 5.36. The van der Waals surface area contributed by atoms with Crippen LogP contribution in [0, 0.1) is 0 Å². The Kier molecular flexibility index (Phi) is 1.85. The molecule has 0 saturated heterocycles. The van der Waals surface area contributed by atoms with E-state index in [4.69, 9.17) is 0 Å². The van der Waals surface area contributed by atoms with Crippen molar-refractivity contribution in [2.75, 3.05) is 0 Å². The quantitative estimate of drug-likeness (QED) is 0.545. The van der Waals surface area contributed by atoms with Gasteiger partial charge >= 0.3 is 0 Å². The standard InChI is InChI=1S/C12H7BrS/c13-11-7-14-12-9-4-2-1-3-8(9)5-6-10(11)12/h1-7H. The first kappa shape index (κ1) is 8.45. The molecule has 2 heteroatoms. The molecule has 0 N–H and O–H groups in total. The molecule has 68 valence electrons. The number of fused-ring (bicyclic) bond motifs is 3. The predicted octanol–water partition coefficient (Wildman–Crippen LogP) is 4.82. The first-order valence-corrected chi connectivity index (χ1v) is 6.08. The molecule has 2 aromatic carbocycles. The van der Waals surface area contributed by atoms with Crippen LogP contribution in [0.4, 0.5) is 0 Å². The molecule has 1 heterocycles. The van der Waals surface area contributed by atoms with Crippen LogP contribution in [0.1, 0.15) is 0 Å². The van der Waals surface area contributed by atoms with Crippen molar-refractivity contribution in [1.29, 1.82) is 0 Å². The summed E-state index contributed by atoms with van der Waals surface area (Å²) in [5, 5.41) is 6.13. The van der Waals surface area contributed by atoms with Gasteiger partial charge in [-0.25, -0.2) is 0 Å². The average molecular weight is 263 g/mol. The van der Waals surface area contributed by atoms with Gasteiger partial charge in [0.1, 0.15) is 0 Å². The van der Waals surface area contributed by atoms with Crippen molar-refractivity contribution in [3.05, 3.63) is 46.3 Å². The Morgan fingerprint density at radius 3 is 2.71 bits per heavy atom.